The Balaban J connectivity index is 1.82. The first kappa shape index (κ1) is 19.3. The normalized spacial score (nSPS) is 11.6. The SMILES string of the molecule is CCNCCc1c[nH]c2ccc(S(=O)(=O)Nc3ccc(OCC)cc3)cc12. The molecule has 1 aromatic heterocycles. The summed E-state index contributed by atoms with van der Waals surface area (Å²) >= 11 is 0. The fourth-order valence-corrected chi connectivity index (χ4v) is 4.02. The van der Waals surface area contributed by atoms with Gasteiger partial charge in [0.25, 0.3) is 10.0 Å². The Kier molecular flexibility index (Phi) is 6.03. The summed E-state index contributed by atoms with van der Waals surface area (Å²) in [7, 11) is -3.67. The maximum Gasteiger partial charge on any atom is 0.261 e. The molecule has 7 heteroatoms. The molecule has 3 aromatic rings. The third kappa shape index (κ3) is 4.61. The molecule has 3 N–H and O–H groups in total. The molecular formula is C20H25N3O3S. The number of hydrogen-bond acceptors (Lipinski definition) is 4. The first-order valence-corrected chi connectivity index (χ1v) is 10.6. The topological polar surface area (TPSA) is 83.2 Å². The smallest absolute Gasteiger partial charge is 0.261 e. The lowest BCUT2D eigenvalue weighted by molar-refractivity contribution is 0.340. The van der Waals surface area contributed by atoms with Crippen molar-refractivity contribution in [2.75, 3.05) is 24.4 Å². The minimum atomic E-state index is -3.67. The molecule has 144 valence electrons. The molecule has 0 saturated heterocycles. The molecule has 0 saturated carbocycles. The molecule has 0 atom stereocenters. The van der Waals surface area contributed by atoms with Crippen LogP contribution in [0.25, 0.3) is 10.9 Å². The van der Waals surface area contributed by atoms with Crippen LogP contribution in [-0.2, 0) is 16.4 Å². The van der Waals surface area contributed by atoms with Gasteiger partial charge in [0, 0.05) is 22.8 Å². The molecule has 0 amide bonds. The molecule has 0 fully saturated rings. The number of hydrogen-bond donors (Lipinski definition) is 3. The van der Waals surface area contributed by atoms with Crippen molar-refractivity contribution in [2.45, 2.75) is 25.2 Å². The number of fused-ring (bicyclic) bond motifs is 1. The molecule has 3 rings (SSSR count). The van der Waals surface area contributed by atoms with Crippen LogP contribution in [0.1, 0.15) is 19.4 Å². The predicted molar refractivity (Wildman–Crippen MR) is 109 cm³/mol. The van der Waals surface area contributed by atoms with Crippen molar-refractivity contribution < 1.29 is 13.2 Å². The second kappa shape index (κ2) is 8.45. The van der Waals surface area contributed by atoms with Gasteiger partial charge in [0.1, 0.15) is 5.75 Å². The Morgan fingerprint density at radius 3 is 2.56 bits per heavy atom. The first-order chi connectivity index (χ1) is 13.0. The van der Waals surface area contributed by atoms with Crippen molar-refractivity contribution in [3.8, 4) is 5.75 Å². The van der Waals surface area contributed by atoms with Gasteiger partial charge in [-0.05, 0) is 74.5 Å². The summed E-state index contributed by atoms with van der Waals surface area (Å²) in [5.74, 6) is 0.708. The van der Waals surface area contributed by atoms with Crippen LogP contribution in [0.4, 0.5) is 5.69 Å². The van der Waals surface area contributed by atoms with E-state index in [9.17, 15) is 8.42 Å². The monoisotopic (exact) mass is 387 g/mol. The lowest BCUT2D eigenvalue weighted by Crippen LogP contribution is -2.16. The van der Waals surface area contributed by atoms with Crippen molar-refractivity contribution in [1.29, 1.82) is 0 Å². The van der Waals surface area contributed by atoms with Crippen molar-refractivity contribution in [3.05, 3.63) is 54.2 Å². The molecule has 0 aliphatic rings. The maximum absolute atomic E-state index is 12.8. The van der Waals surface area contributed by atoms with E-state index in [-0.39, 0.29) is 4.90 Å². The maximum atomic E-state index is 12.8. The number of sulfonamides is 1. The number of ether oxygens (including phenoxy) is 1. The van der Waals surface area contributed by atoms with Gasteiger partial charge in [-0.2, -0.15) is 0 Å². The Morgan fingerprint density at radius 2 is 1.85 bits per heavy atom. The number of anilines is 1. The van der Waals surface area contributed by atoms with Gasteiger partial charge in [0.05, 0.1) is 11.5 Å². The zero-order chi connectivity index (χ0) is 19.3. The lowest BCUT2D eigenvalue weighted by Gasteiger charge is -2.10. The van der Waals surface area contributed by atoms with Gasteiger partial charge in [0.2, 0.25) is 0 Å². The van der Waals surface area contributed by atoms with Crippen molar-refractivity contribution in [1.82, 2.24) is 10.3 Å². The highest BCUT2D eigenvalue weighted by atomic mass is 32.2. The number of rotatable bonds is 9. The minimum absolute atomic E-state index is 0.244. The summed E-state index contributed by atoms with van der Waals surface area (Å²) in [6, 6.07) is 12.0. The van der Waals surface area contributed by atoms with Crippen LogP contribution in [0.15, 0.2) is 53.6 Å². The summed E-state index contributed by atoms with van der Waals surface area (Å²) in [5.41, 5.74) is 2.53. The summed E-state index contributed by atoms with van der Waals surface area (Å²) in [5, 5.41) is 4.22. The van der Waals surface area contributed by atoms with E-state index in [0.717, 1.165) is 36.0 Å². The summed E-state index contributed by atoms with van der Waals surface area (Å²) in [6.07, 6.45) is 2.78. The van der Waals surface area contributed by atoms with E-state index in [1.165, 1.54) is 0 Å². The largest absolute Gasteiger partial charge is 0.494 e. The molecule has 0 spiro atoms. The highest BCUT2D eigenvalue weighted by molar-refractivity contribution is 7.92. The van der Waals surface area contributed by atoms with E-state index < -0.39 is 10.0 Å². The number of likely N-dealkylation sites (N-methyl/N-ethyl adjacent to an activating group) is 1. The molecule has 1 heterocycles. The third-order valence-corrected chi connectivity index (χ3v) is 5.67. The fourth-order valence-electron chi connectivity index (χ4n) is 2.93. The number of H-pyrrole nitrogens is 1. The lowest BCUT2D eigenvalue weighted by atomic mass is 10.1. The van der Waals surface area contributed by atoms with E-state index >= 15 is 0 Å². The van der Waals surface area contributed by atoms with Crippen LogP contribution in [0.3, 0.4) is 0 Å². The zero-order valence-corrected chi connectivity index (χ0v) is 16.4. The average Bonchev–Trinajstić information content (AvgIpc) is 3.06. The fraction of sp³-hybridized carbons (Fsp3) is 0.300. The molecule has 0 aliphatic carbocycles. The van der Waals surface area contributed by atoms with Gasteiger partial charge in [-0.1, -0.05) is 6.92 Å². The van der Waals surface area contributed by atoms with Gasteiger partial charge >= 0.3 is 0 Å². The molecule has 0 aliphatic heterocycles. The van der Waals surface area contributed by atoms with Crippen LogP contribution in [-0.4, -0.2) is 33.1 Å². The number of aromatic nitrogens is 1. The van der Waals surface area contributed by atoms with Gasteiger partial charge in [-0.25, -0.2) is 8.42 Å². The number of nitrogens with one attached hydrogen (secondary N) is 3. The van der Waals surface area contributed by atoms with Gasteiger partial charge in [-0.3, -0.25) is 4.72 Å². The zero-order valence-electron chi connectivity index (χ0n) is 15.6. The Hall–Kier alpha value is -2.51. The van der Waals surface area contributed by atoms with E-state index in [1.807, 2.05) is 13.1 Å². The number of aromatic amines is 1. The van der Waals surface area contributed by atoms with Crippen LogP contribution in [0.2, 0.25) is 0 Å². The molecule has 0 bridgehead atoms. The standard InChI is InChI=1S/C20H25N3O3S/c1-3-21-12-11-15-14-22-20-10-9-18(13-19(15)20)27(24,25)23-16-5-7-17(8-6-16)26-4-2/h5-10,13-14,21-23H,3-4,11-12H2,1-2H3. The number of benzene rings is 2. The van der Waals surface area contributed by atoms with Gasteiger partial charge in [0.15, 0.2) is 0 Å². The van der Waals surface area contributed by atoms with Crippen molar-refractivity contribution >= 4 is 26.6 Å². The molecule has 27 heavy (non-hydrogen) atoms. The Morgan fingerprint density at radius 1 is 1.07 bits per heavy atom. The highest BCUT2D eigenvalue weighted by Gasteiger charge is 2.16. The van der Waals surface area contributed by atoms with Crippen LogP contribution >= 0.6 is 0 Å². The predicted octanol–water partition coefficient (Wildman–Crippen LogP) is 3.52. The second-order valence-corrected chi connectivity index (χ2v) is 7.87. The summed E-state index contributed by atoms with van der Waals surface area (Å²) in [6.45, 7) is 6.30. The quantitative estimate of drug-likeness (QED) is 0.491. The molecule has 0 unspecified atom stereocenters. The third-order valence-electron chi connectivity index (χ3n) is 4.29. The van der Waals surface area contributed by atoms with Crippen LogP contribution in [0, 0.1) is 0 Å². The van der Waals surface area contributed by atoms with Crippen molar-refractivity contribution in [2.24, 2.45) is 0 Å². The molecule has 0 radical (unpaired) electrons. The minimum Gasteiger partial charge on any atom is -0.494 e. The Bertz CT molecular complexity index is 995. The molecule has 2 aromatic carbocycles. The van der Waals surface area contributed by atoms with E-state index in [4.69, 9.17) is 4.74 Å². The first-order valence-electron chi connectivity index (χ1n) is 9.10. The Labute approximate surface area is 160 Å². The van der Waals surface area contributed by atoms with Gasteiger partial charge in [-0.15, -0.1) is 0 Å². The van der Waals surface area contributed by atoms with Crippen molar-refractivity contribution in [3.63, 3.8) is 0 Å². The van der Waals surface area contributed by atoms with E-state index in [1.54, 1.807) is 42.5 Å². The van der Waals surface area contributed by atoms with E-state index in [0.29, 0.717) is 18.0 Å². The highest BCUT2D eigenvalue weighted by Crippen LogP contribution is 2.25. The average molecular weight is 388 g/mol. The summed E-state index contributed by atoms with van der Waals surface area (Å²) < 4.78 is 33.6. The molecule has 6 nitrogen and oxygen atoms in total. The second-order valence-electron chi connectivity index (χ2n) is 6.19. The molecular weight excluding hydrogens is 362 g/mol. The van der Waals surface area contributed by atoms with Crippen LogP contribution < -0.4 is 14.8 Å². The van der Waals surface area contributed by atoms with E-state index in [2.05, 4.69) is 21.9 Å². The summed E-state index contributed by atoms with van der Waals surface area (Å²) in [4.78, 5) is 3.45. The van der Waals surface area contributed by atoms with Crippen LogP contribution in [0.5, 0.6) is 5.75 Å². The van der Waals surface area contributed by atoms with Gasteiger partial charge < -0.3 is 15.0 Å².